The molecule has 0 saturated heterocycles. The van der Waals surface area contributed by atoms with Crippen molar-refractivity contribution in [3.63, 3.8) is 0 Å². The summed E-state index contributed by atoms with van der Waals surface area (Å²) >= 11 is 0. The van der Waals surface area contributed by atoms with Crippen molar-refractivity contribution in [1.29, 1.82) is 0 Å². The van der Waals surface area contributed by atoms with Gasteiger partial charge in [-0.3, -0.25) is 9.78 Å². The second-order valence-electron chi connectivity index (χ2n) is 7.35. The lowest BCUT2D eigenvalue weighted by molar-refractivity contribution is -0.145. The van der Waals surface area contributed by atoms with Gasteiger partial charge in [-0.15, -0.1) is 10.2 Å². The number of ether oxygens (including phenoxy) is 1. The molecule has 0 fully saturated rings. The van der Waals surface area contributed by atoms with Gasteiger partial charge in [0.05, 0.1) is 6.42 Å². The lowest BCUT2D eigenvalue weighted by Gasteiger charge is -2.19. The monoisotopic (exact) mass is 365 g/mol. The predicted molar refractivity (Wildman–Crippen MR) is 101 cm³/mol. The van der Waals surface area contributed by atoms with Gasteiger partial charge < -0.3 is 9.15 Å². The minimum atomic E-state index is -0.292. The molecule has 0 atom stereocenters. The highest BCUT2D eigenvalue weighted by atomic mass is 16.5. The third kappa shape index (κ3) is 5.23. The van der Waals surface area contributed by atoms with Crippen LogP contribution < -0.4 is 0 Å². The summed E-state index contributed by atoms with van der Waals surface area (Å²) in [5, 5.41) is 7.97. The van der Waals surface area contributed by atoms with Crippen molar-refractivity contribution in [3.8, 4) is 11.5 Å². The molecule has 3 aromatic rings. The Morgan fingerprint density at radius 1 is 1.11 bits per heavy atom. The van der Waals surface area contributed by atoms with Gasteiger partial charge in [-0.05, 0) is 28.7 Å². The minimum absolute atomic E-state index is 0.0600. The standard InChI is InChI=1S/C21H23N3O3/c1-21(2,3)17-6-4-5-15(13-17)14-26-19(25)8-7-18-23-24-20(27-18)16-9-11-22-12-10-16/h4-6,9-13H,7-8,14H2,1-3H3. The fraction of sp³-hybridized carbons (Fsp3) is 0.333. The van der Waals surface area contributed by atoms with Gasteiger partial charge in [-0.25, -0.2) is 0 Å². The fourth-order valence-corrected chi connectivity index (χ4v) is 2.54. The van der Waals surface area contributed by atoms with E-state index in [1.807, 2.05) is 12.1 Å². The zero-order valence-electron chi connectivity index (χ0n) is 15.8. The molecule has 0 amide bonds. The average Bonchev–Trinajstić information content (AvgIpc) is 3.14. The van der Waals surface area contributed by atoms with Gasteiger partial charge in [-0.1, -0.05) is 45.0 Å². The van der Waals surface area contributed by atoms with Crippen LogP contribution in [0.2, 0.25) is 0 Å². The zero-order chi connectivity index (χ0) is 19.3. The molecule has 2 aromatic heterocycles. The van der Waals surface area contributed by atoms with E-state index in [-0.39, 0.29) is 24.4 Å². The number of esters is 1. The van der Waals surface area contributed by atoms with Gasteiger partial charge >= 0.3 is 5.97 Å². The molecule has 140 valence electrons. The Bertz CT molecular complexity index is 898. The third-order valence-corrected chi connectivity index (χ3v) is 4.13. The lowest BCUT2D eigenvalue weighted by atomic mass is 9.86. The number of nitrogens with zero attached hydrogens (tertiary/aromatic N) is 3. The molecule has 0 saturated carbocycles. The predicted octanol–water partition coefficient (Wildman–Crippen LogP) is 4.11. The molecule has 6 heteroatoms. The Balaban J connectivity index is 1.50. The largest absolute Gasteiger partial charge is 0.461 e. The Labute approximate surface area is 158 Å². The first-order valence-corrected chi connectivity index (χ1v) is 8.89. The van der Waals surface area contributed by atoms with Crippen LogP contribution in [-0.4, -0.2) is 21.2 Å². The smallest absolute Gasteiger partial charge is 0.306 e. The summed E-state index contributed by atoms with van der Waals surface area (Å²) < 4.78 is 11.0. The summed E-state index contributed by atoms with van der Waals surface area (Å²) in [5.74, 6) is 0.535. The lowest BCUT2D eigenvalue weighted by Crippen LogP contribution is -2.12. The number of hydrogen-bond donors (Lipinski definition) is 0. The summed E-state index contributed by atoms with van der Waals surface area (Å²) in [6.45, 7) is 6.73. The second kappa shape index (κ2) is 8.12. The quantitative estimate of drug-likeness (QED) is 0.612. The van der Waals surface area contributed by atoms with Crippen LogP contribution >= 0.6 is 0 Å². The summed E-state index contributed by atoms with van der Waals surface area (Å²) in [4.78, 5) is 16.0. The molecule has 0 bridgehead atoms. The number of hydrogen-bond acceptors (Lipinski definition) is 6. The molecule has 0 aliphatic carbocycles. The van der Waals surface area contributed by atoms with E-state index in [0.29, 0.717) is 18.2 Å². The molecule has 6 nitrogen and oxygen atoms in total. The number of pyridine rings is 1. The highest BCUT2D eigenvalue weighted by Crippen LogP contribution is 2.23. The van der Waals surface area contributed by atoms with Crippen molar-refractivity contribution in [2.45, 2.75) is 45.6 Å². The molecular formula is C21H23N3O3. The zero-order valence-corrected chi connectivity index (χ0v) is 15.8. The van der Waals surface area contributed by atoms with E-state index in [1.165, 1.54) is 5.56 Å². The molecular weight excluding hydrogens is 342 g/mol. The Morgan fingerprint density at radius 3 is 2.63 bits per heavy atom. The van der Waals surface area contributed by atoms with E-state index < -0.39 is 0 Å². The van der Waals surface area contributed by atoms with Gasteiger partial charge in [0.1, 0.15) is 6.61 Å². The van der Waals surface area contributed by atoms with Crippen molar-refractivity contribution in [3.05, 3.63) is 65.8 Å². The first-order chi connectivity index (χ1) is 12.9. The summed E-state index contributed by atoms with van der Waals surface area (Å²) in [6, 6.07) is 11.7. The van der Waals surface area contributed by atoms with Crippen molar-refractivity contribution >= 4 is 5.97 Å². The maximum Gasteiger partial charge on any atom is 0.306 e. The SMILES string of the molecule is CC(C)(C)c1cccc(COC(=O)CCc2nnc(-c3ccncc3)o2)c1. The number of carbonyl (C=O) groups is 1. The highest BCUT2D eigenvalue weighted by molar-refractivity contribution is 5.69. The Kier molecular flexibility index (Phi) is 5.64. The van der Waals surface area contributed by atoms with Crippen molar-refractivity contribution in [2.75, 3.05) is 0 Å². The summed E-state index contributed by atoms with van der Waals surface area (Å²) in [5.41, 5.74) is 3.05. The van der Waals surface area contributed by atoms with E-state index in [2.05, 4.69) is 48.1 Å². The maximum atomic E-state index is 12.0. The molecule has 2 heterocycles. The van der Waals surface area contributed by atoms with Gasteiger partial charge in [0.15, 0.2) is 0 Å². The first kappa shape index (κ1) is 18.8. The molecule has 27 heavy (non-hydrogen) atoms. The number of rotatable bonds is 6. The van der Waals surface area contributed by atoms with Crippen LogP contribution in [-0.2, 0) is 28.0 Å². The first-order valence-electron chi connectivity index (χ1n) is 8.89. The molecule has 0 spiro atoms. The van der Waals surface area contributed by atoms with Crippen LogP contribution in [0, 0.1) is 0 Å². The Morgan fingerprint density at radius 2 is 1.89 bits per heavy atom. The van der Waals surface area contributed by atoms with Gasteiger partial charge in [0.25, 0.3) is 0 Å². The van der Waals surface area contributed by atoms with Crippen LogP contribution in [0.3, 0.4) is 0 Å². The number of benzene rings is 1. The van der Waals surface area contributed by atoms with E-state index in [0.717, 1.165) is 11.1 Å². The number of aromatic nitrogens is 3. The van der Waals surface area contributed by atoms with Crippen molar-refractivity contribution in [2.24, 2.45) is 0 Å². The van der Waals surface area contributed by atoms with E-state index in [1.54, 1.807) is 24.5 Å². The normalized spacial score (nSPS) is 11.4. The van der Waals surface area contributed by atoms with E-state index >= 15 is 0 Å². The third-order valence-electron chi connectivity index (χ3n) is 4.13. The molecule has 0 aliphatic heterocycles. The van der Waals surface area contributed by atoms with Crippen LogP contribution in [0.1, 0.15) is 44.2 Å². The van der Waals surface area contributed by atoms with Gasteiger partial charge in [0.2, 0.25) is 11.8 Å². The molecule has 0 radical (unpaired) electrons. The molecule has 0 unspecified atom stereocenters. The second-order valence-corrected chi connectivity index (χ2v) is 7.35. The van der Waals surface area contributed by atoms with Crippen molar-refractivity contribution < 1.29 is 13.9 Å². The molecule has 3 rings (SSSR count). The van der Waals surface area contributed by atoms with Gasteiger partial charge in [-0.2, -0.15) is 0 Å². The fourth-order valence-electron chi connectivity index (χ4n) is 2.54. The molecule has 0 N–H and O–H groups in total. The topological polar surface area (TPSA) is 78.1 Å². The molecule has 1 aromatic carbocycles. The highest BCUT2D eigenvalue weighted by Gasteiger charge is 2.14. The van der Waals surface area contributed by atoms with Crippen LogP contribution in [0.5, 0.6) is 0 Å². The van der Waals surface area contributed by atoms with Crippen LogP contribution in [0.15, 0.2) is 53.2 Å². The summed E-state index contributed by atoms with van der Waals surface area (Å²) in [7, 11) is 0. The Hall–Kier alpha value is -3.02. The maximum absolute atomic E-state index is 12.0. The van der Waals surface area contributed by atoms with Gasteiger partial charge in [0, 0.05) is 24.4 Å². The van der Waals surface area contributed by atoms with Crippen molar-refractivity contribution in [1.82, 2.24) is 15.2 Å². The van der Waals surface area contributed by atoms with Crippen LogP contribution in [0.4, 0.5) is 0 Å². The van der Waals surface area contributed by atoms with E-state index in [4.69, 9.17) is 9.15 Å². The van der Waals surface area contributed by atoms with E-state index in [9.17, 15) is 4.79 Å². The van der Waals surface area contributed by atoms with Crippen LogP contribution in [0.25, 0.3) is 11.5 Å². The minimum Gasteiger partial charge on any atom is -0.461 e. The molecule has 0 aliphatic rings. The summed E-state index contributed by atoms with van der Waals surface area (Å²) in [6.07, 6.45) is 3.85. The number of carbonyl (C=O) groups excluding carboxylic acids is 1. The number of aryl methyl sites for hydroxylation is 1. The average molecular weight is 365 g/mol.